The van der Waals surface area contributed by atoms with E-state index in [1.54, 1.807) is 0 Å². The molecule has 1 aliphatic heterocycles. The van der Waals surface area contributed by atoms with Gasteiger partial charge < -0.3 is 5.32 Å². The maximum Gasteiger partial charge on any atom is 0.0942 e. The molecule has 0 saturated carbocycles. The molecule has 15 aromatic carbocycles. The number of rotatable bonds is 6. The molecule has 0 radical (unpaired) electrons. The van der Waals surface area contributed by atoms with Crippen LogP contribution in [0.1, 0.15) is 0 Å². The van der Waals surface area contributed by atoms with Gasteiger partial charge in [0.25, 0.3) is 0 Å². The van der Waals surface area contributed by atoms with Crippen molar-refractivity contribution in [3.8, 4) is 66.9 Å². The van der Waals surface area contributed by atoms with Crippen LogP contribution < -0.4 is 5.32 Å². The molecule has 1 aliphatic rings. The summed E-state index contributed by atoms with van der Waals surface area (Å²) in [5.74, 6) is 0. The van der Waals surface area contributed by atoms with Gasteiger partial charge in [0.05, 0.1) is 23.6 Å². The Hall–Kier alpha value is -10.8. The second kappa shape index (κ2) is 18.9. The topological polar surface area (TPSA) is 37.3 Å². The summed E-state index contributed by atoms with van der Waals surface area (Å²) in [6, 6.07) is 99.2. The summed E-state index contributed by atoms with van der Waals surface area (Å²) in [5, 5.41) is 26.0. The second-order valence-corrected chi connectivity index (χ2v) is 23.8. The van der Waals surface area contributed by atoms with Gasteiger partial charge in [-0.2, -0.15) is 0 Å². The first-order valence-corrected chi connectivity index (χ1v) is 30.0. The Balaban J connectivity index is 0.738. The predicted molar refractivity (Wildman–Crippen MR) is 366 cm³/mol. The fourth-order valence-electron chi connectivity index (χ4n) is 14.0. The van der Waals surface area contributed by atoms with Crippen LogP contribution in [0.15, 0.2) is 278 Å². The third-order valence-corrected chi connectivity index (χ3v) is 19.3. The summed E-state index contributed by atoms with van der Waals surface area (Å²) in [6.45, 7) is 0.715. The molecule has 2 aromatic heterocycles. The average molecular weight is 1100 g/mol. The molecule has 0 fully saturated rings. The Kier molecular flexibility index (Phi) is 10.6. The van der Waals surface area contributed by atoms with Gasteiger partial charge in [0, 0.05) is 59.9 Å². The lowest BCUT2D eigenvalue weighted by Gasteiger charge is -2.19. The first-order chi connectivity index (χ1) is 42.1. The number of aromatic nitrogens is 1. The molecule has 4 heteroatoms. The summed E-state index contributed by atoms with van der Waals surface area (Å²) in [7, 11) is 0. The number of nitrogens with zero attached hydrogens (tertiary/aromatic N) is 2. The van der Waals surface area contributed by atoms with Crippen LogP contribution in [0.3, 0.4) is 0 Å². The zero-order chi connectivity index (χ0) is 55.7. The van der Waals surface area contributed by atoms with E-state index >= 15 is 0 Å². The number of anilines is 1. The molecule has 0 spiro atoms. The van der Waals surface area contributed by atoms with Crippen LogP contribution in [-0.2, 0) is 0 Å². The molecule has 85 heavy (non-hydrogen) atoms. The van der Waals surface area contributed by atoms with Gasteiger partial charge in [-0.1, -0.05) is 206 Å². The van der Waals surface area contributed by atoms with Gasteiger partial charge >= 0.3 is 0 Å². The van der Waals surface area contributed by atoms with Gasteiger partial charge in [-0.15, -0.1) is 11.3 Å². The van der Waals surface area contributed by atoms with Crippen molar-refractivity contribution in [2.75, 3.05) is 11.9 Å². The molecule has 17 aromatic rings. The van der Waals surface area contributed by atoms with E-state index in [1.807, 2.05) is 17.6 Å². The SMILES string of the molecule is C1=Nc2c(c3cc(-c4cccc(-c5ccc6c(c5)c5ccccc5c5ccc(-c7cc(-c8cccc(-c9cccc(-c%10cc%11c%12ccccc%12c%12ccccc%12c%11cn%10)c9)c8)c8sc9ccccc9c8c7)cc56)c4)ccc3c3ccccc23)NC1. The average Bonchev–Trinajstić information content (AvgIpc) is 3.09. The van der Waals surface area contributed by atoms with Crippen LogP contribution in [-0.4, -0.2) is 17.7 Å². The molecule has 0 amide bonds. The molecular weight excluding hydrogens is 1050 g/mol. The predicted octanol–water partition coefficient (Wildman–Crippen LogP) is 22.8. The van der Waals surface area contributed by atoms with E-state index in [0.29, 0.717) is 6.54 Å². The molecule has 0 aliphatic carbocycles. The van der Waals surface area contributed by atoms with Crippen molar-refractivity contribution >= 4 is 135 Å². The minimum absolute atomic E-state index is 0.715. The molecule has 0 saturated heterocycles. The van der Waals surface area contributed by atoms with Crippen molar-refractivity contribution in [1.29, 1.82) is 0 Å². The Morgan fingerprint density at radius 3 is 1.32 bits per heavy atom. The largest absolute Gasteiger partial charge is 0.378 e. The van der Waals surface area contributed by atoms with Crippen LogP contribution in [0.5, 0.6) is 0 Å². The normalized spacial score (nSPS) is 12.5. The number of fused-ring (bicyclic) bond motifs is 21. The molecule has 3 nitrogen and oxygen atoms in total. The van der Waals surface area contributed by atoms with Gasteiger partial charge in [-0.3, -0.25) is 9.98 Å². The lowest BCUT2D eigenvalue weighted by Crippen LogP contribution is -2.07. The lowest BCUT2D eigenvalue weighted by molar-refractivity contribution is 1.36. The van der Waals surface area contributed by atoms with E-state index in [0.717, 1.165) is 28.2 Å². The fourth-order valence-corrected chi connectivity index (χ4v) is 15.3. The summed E-state index contributed by atoms with van der Waals surface area (Å²) in [5.41, 5.74) is 16.1. The minimum Gasteiger partial charge on any atom is -0.378 e. The van der Waals surface area contributed by atoms with Gasteiger partial charge in [0.2, 0.25) is 0 Å². The van der Waals surface area contributed by atoms with Crippen molar-refractivity contribution in [3.05, 3.63) is 273 Å². The molecule has 0 atom stereocenters. The van der Waals surface area contributed by atoms with Gasteiger partial charge in [0.1, 0.15) is 0 Å². The summed E-state index contributed by atoms with van der Waals surface area (Å²) in [4.78, 5) is 10.0. The molecule has 0 unspecified atom stereocenters. The van der Waals surface area contributed by atoms with Crippen LogP contribution in [0.4, 0.5) is 11.4 Å². The Morgan fingerprint density at radius 1 is 0.282 bits per heavy atom. The maximum absolute atomic E-state index is 5.13. The van der Waals surface area contributed by atoms with E-state index in [2.05, 4.69) is 278 Å². The number of benzene rings is 15. The smallest absolute Gasteiger partial charge is 0.0942 e. The molecule has 3 heterocycles. The van der Waals surface area contributed by atoms with Crippen LogP contribution in [0.2, 0.25) is 0 Å². The van der Waals surface area contributed by atoms with Gasteiger partial charge in [-0.25, -0.2) is 0 Å². The number of thiophene rings is 1. The third-order valence-electron chi connectivity index (χ3n) is 18.1. The summed E-state index contributed by atoms with van der Waals surface area (Å²) in [6.07, 6.45) is 4.04. The summed E-state index contributed by atoms with van der Waals surface area (Å²) >= 11 is 1.89. The first-order valence-electron chi connectivity index (χ1n) is 29.2. The molecule has 0 bridgehead atoms. The van der Waals surface area contributed by atoms with E-state index < -0.39 is 0 Å². The fraction of sp³-hybridized carbons (Fsp3) is 0.0123. The minimum atomic E-state index is 0.715. The number of hydrogen-bond acceptors (Lipinski definition) is 4. The number of nitrogens with one attached hydrogen (secondary N) is 1. The van der Waals surface area contributed by atoms with Crippen molar-refractivity contribution in [2.45, 2.75) is 0 Å². The Morgan fingerprint density at radius 2 is 0.694 bits per heavy atom. The van der Waals surface area contributed by atoms with Crippen molar-refractivity contribution in [2.24, 2.45) is 4.99 Å². The van der Waals surface area contributed by atoms with Crippen molar-refractivity contribution in [3.63, 3.8) is 0 Å². The van der Waals surface area contributed by atoms with Crippen molar-refractivity contribution in [1.82, 2.24) is 4.98 Å². The maximum atomic E-state index is 5.13. The van der Waals surface area contributed by atoms with Gasteiger partial charge in [-0.05, 0) is 181 Å². The third kappa shape index (κ3) is 7.59. The number of pyridine rings is 1. The number of hydrogen-bond donors (Lipinski definition) is 1. The zero-order valence-electron chi connectivity index (χ0n) is 46.1. The van der Waals surface area contributed by atoms with Crippen LogP contribution in [0.25, 0.3) is 173 Å². The van der Waals surface area contributed by atoms with Crippen molar-refractivity contribution < 1.29 is 0 Å². The first kappa shape index (κ1) is 47.8. The van der Waals surface area contributed by atoms with E-state index in [9.17, 15) is 0 Å². The molecule has 1 N–H and O–H groups in total. The molecule has 18 rings (SSSR count). The lowest BCUT2D eigenvalue weighted by atomic mass is 9.89. The van der Waals surface area contributed by atoms with E-state index in [1.165, 1.54) is 156 Å². The van der Waals surface area contributed by atoms with E-state index in [-0.39, 0.29) is 0 Å². The van der Waals surface area contributed by atoms with Crippen LogP contribution >= 0.6 is 11.3 Å². The highest BCUT2D eigenvalue weighted by molar-refractivity contribution is 7.26. The molecular formula is C81H49N3S. The standard InChI is InChI=1S/C81H49N3S/c1-5-25-63-58(20-1)59-21-3-6-26-64(59)76-47-84-77(46-73(63)76)56-19-13-17-51(40-56)50-16-12-18-55(39-50)70-44-57(45-75-68-27-9-10-29-78(68)85-81(70)75)54-32-33-65-60-22-2-4-24-62(60)71-41-52(31-35-67(71)72(65)42-54)48-14-11-15-49(38-48)53-30-34-66-61-23-7-8-28-69(61)79-80(74(66)43-53)83-37-36-82-79/h1-36,38-47,83H,37H2. The van der Waals surface area contributed by atoms with Gasteiger partial charge in [0.15, 0.2) is 0 Å². The van der Waals surface area contributed by atoms with E-state index in [4.69, 9.17) is 9.98 Å². The Labute approximate surface area is 494 Å². The molecule has 394 valence electrons. The highest BCUT2D eigenvalue weighted by atomic mass is 32.1. The zero-order valence-corrected chi connectivity index (χ0v) is 46.9. The second-order valence-electron chi connectivity index (χ2n) is 22.7. The summed E-state index contributed by atoms with van der Waals surface area (Å²) < 4.78 is 2.59. The number of aliphatic imine (C=N–C) groups is 1. The van der Waals surface area contributed by atoms with Crippen LogP contribution in [0, 0.1) is 0 Å². The Bertz CT molecular complexity index is 5710. The highest BCUT2D eigenvalue weighted by Crippen LogP contribution is 2.48. The highest BCUT2D eigenvalue weighted by Gasteiger charge is 2.20. The monoisotopic (exact) mass is 1100 g/mol. The quantitative estimate of drug-likeness (QED) is 0.169.